The maximum Gasteiger partial charge on any atom is 0.264 e. The van der Waals surface area contributed by atoms with E-state index in [9.17, 15) is 13.2 Å². The molecule has 0 radical (unpaired) electrons. The number of halogens is 1. The largest absolute Gasteiger partial charge is 0.372 e. The van der Waals surface area contributed by atoms with Crippen molar-refractivity contribution in [2.45, 2.75) is 44.0 Å². The fourth-order valence-corrected chi connectivity index (χ4v) is 6.10. The molecule has 0 saturated carbocycles. The van der Waals surface area contributed by atoms with Crippen molar-refractivity contribution in [2.75, 3.05) is 13.2 Å². The molecule has 5 rings (SSSR count). The summed E-state index contributed by atoms with van der Waals surface area (Å²) in [6.07, 6.45) is 6.31. The van der Waals surface area contributed by atoms with Gasteiger partial charge in [-0.2, -0.15) is 0 Å². The Morgan fingerprint density at radius 2 is 1.53 bits per heavy atom. The Bertz CT molecular complexity index is 1840. The topological polar surface area (TPSA) is 103 Å². The summed E-state index contributed by atoms with van der Waals surface area (Å²) in [5.74, 6) is -0.724. The van der Waals surface area contributed by atoms with E-state index < -0.39 is 15.9 Å². The van der Waals surface area contributed by atoms with Crippen molar-refractivity contribution < 1.29 is 17.9 Å². The predicted molar refractivity (Wildman–Crippen MR) is 177 cm³/mol. The molecule has 5 aromatic rings. The number of nitrogens with one attached hydrogen (secondary N) is 1. The number of aromatic nitrogens is 3. The molecule has 2 heterocycles. The average molecular weight is 643 g/mol. The Morgan fingerprint density at radius 3 is 2.18 bits per heavy atom. The molecule has 8 nitrogen and oxygen atoms in total. The van der Waals surface area contributed by atoms with Crippen LogP contribution < -0.4 is 4.72 Å². The Balaban J connectivity index is 1.21. The molecule has 0 aliphatic heterocycles. The molecule has 3 aromatic carbocycles. The fourth-order valence-electron chi connectivity index (χ4n) is 5.01. The fraction of sp³-hybridized carbons (Fsp3) is 0.229. The number of hydrogen-bond acceptors (Lipinski definition) is 6. The van der Waals surface area contributed by atoms with Crippen molar-refractivity contribution in [3.05, 3.63) is 114 Å². The van der Waals surface area contributed by atoms with E-state index in [4.69, 9.17) is 26.3 Å². The first kappa shape index (κ1) is 32.1. The number of benzene rings is 3. The number of nitrogens with zero attached hydrogens (tertiary/aromatic N) is 3. The van der Waals surface area contributed by atoms with Gasteiger partial charge in [0.25, 0.3) is 15.9 Å². The molecule has 2 aromatic heterocycles. The van der Waals surface area contributed by atoms with E-state index in [-0.39, 0.29) is 17.5 Å². The van der Waals surface area contributed by atoms with Crippen LogP contribution >= 0.6 is 11.6 Å². The van der Waals surface area contributed by atoms with E-state index in [2.05, 4.69) is 42.8 Å². The van der Waals surface area contributed by atoms with Crippen LogP contribution in [0.2, 0.25) is 5.02 Å². The Labute approximate surface area is 269 Å². The number of sulfonamides is 1. The first-order chi connectivity index (χ1) is 21.7. The first-order valence-electron chi connectivity index (χ1n) is 14.8. The Kier molecular flexibility index (Phi) is 10.4. The van der Waals surface area contributed by atoms with Gasteiger partial charge in [0.15, 0.2) is 0 Å². The summed E-state index contributed by atoms with van der Waals surface area (Å²) in [6, 6.07) is 28.2. The summed E-state index contributed by atoms with van der Waals surface area (Å²) in [5.41, 5.74) is 6.66. The molecule has 0 aliphatic rings. The molecule has 0 aliphatic carbocycles. The minimum absolute atomic E-state index is 0.0396. The number of amides is 1. The molecule has 1 N–H and O–H groups in total. The zero-order valence-electron chi connectivity index (χ0n) is 25.2. The molecule has 0 saturated heterocycles. The zero-order valence-corrected chi connectivity index (χ0v) is 26.8. The predicted octanol–water partition coefficient (Wildman–Crippen LogP) is 7.36. The van der Waals surface area contributed by atoms with Crippen LogP contribution in [-0.4, -0.2) is 42.1 Å². The molecule has 232 valence electrons. The summed E-state index contributed by atoms with van der Waals surface area (Å²) in [7, 11) is -3.98. The molecule has 10 heteroatoms. The van der Waals surface area contributed by atoms with Crippen LogP contribution in [-0.2, 0) is 26.0 Å². The Hall–Kier alpha value is -4.31. The molecular formula is C35H35ClN4O4S. The molecule has 0 fully saturated rings. The highest BCUT2D eigenvalue weighted by molar-refractivity contribution is 7.90. The zero-order chi connectivity index (χ0) is 31.8. The van der Waals surface area contributed by atoms with Crippen LogP contribution in [0.25, 0.3) is 33.8 Å². The number of rotatable bonds is 13. The monoisotopic (exact) mass is 642 g/mol. The number of carbonyl (C=O) groups is 1. The number of unbranched alkanes of at least 4 members (excludes halogenated alkanes) is 1. The highest BCUT2D eigenvalue weighted by atomic mass is 35.5. The second-order valence-corrected chi connectivity index (χ2v) is 13.0. The van der Waals surface area contributed by atoms with Crippen molar-refractivity contribution in [1.29, 1.82) is 0 Å². The number of carbonyl (C=O) groups excluding carboxylic acids is 1. The van der Waals surface area contributed by atoms with E-state index in [1.165, 1.54) is 30.0 Å². The molecule has 0 atom stereocenters. The van der Waals surface area contributed by atoms with Gasteiger partial charge in [-0.05, 0) is 63.4 Å². The van der Waals surface area contributed by atoms with Crippen molar-refractivity contribution in [3.63, 3.8) is 0 Å². The second-order valence-electron chi connectivity index (χ2n) is 10.9. The summed E-state index contributed by atoms with van der Waals surface area (Å²) in [6.45, 7) is 4.27. The van der Waals surface area contributed by atoms with Crippen LogP contribution in [0, 0.1) is 0 Å². The third-order valence-electron chi connectivity index (χ3n) is 7.23. The van der Waals surface area contributed by atoms with E-state index in [1.54, 1.807) is 0 Å². The molecular weight excluding hydrogens is 608 g/mol. The molecule has 1 amide bonds. The SMILES string of the molecule is CC(C)n1cc(-c2cnc(-c3ccccc3)c(-c3ccccc3)n2)cc1CCCCOCC(=O)NS(=O)(=O)c1ccc(Cl)cc1. The van der Waals surface area contributed by atoms with Crippen LogP contribution in [0.1, 0.15) is 38.4 Å². The average Bonchev–Trinajstić information content (AvgIpc) is 3.48. The second kappa shape index (κ2) is 14.6. The summed E-state index contributed by atoms with van der Waals surface area (Å²) < 4.78 is 34.5. The van der Waals surface area contributed by atoms with E-state index in [0.29, 0.717) is 18.1 Å². The smallest absolute Gasteiger partial charge is 0.264 e. The summed E-state index contributed by atoms with van der Waals surface area (Å²) >= 11 is 5.81. The minimum atomic E-state index is -3.98. The number of hydrogen-bond donors (Lipinski definition) is 1. The molecule has 0 unspecified atom stereocenters. The van der Waals surface area contributed by atoms with E-state index in [1.807, 2.05) is 59.4 Å². The number of aryl methyl sites for hydroxylation is 1. The lowest BCUT2D eigenvalue weighted by Crippen LogP contribution is -2.33. The lowest BCUT2D eigenvalue weighted by atomic mass is 10.0. The third kappa shape index (κ3) is 8.25. The maximum atomic E-state index is 12.4. The van der Waals surface area contributed by atoms with Gasteiger partial charge >= 0.3 is 0 Å². The van der Waals surface area contributed by atoms with Crippen LogP contribution in [0.5, 0.6) is 0 Å². The first-order valence-corrected chi connectivity index (χ1v) is 16.7. The third-order valence-corrected chi connectivity index (χ3v) is 8.87. The van der Waals surface area contributed by atoms with Gasteiger partial charge in [0.2, 0.25) is 0 Å². The van der Waals surface area contributed by atoms with Gasteiger partial charge in [0.05, 0.1) is 28.2 Å². The van der Waals surface area contributed by atoms with Gasteiger partial charge in [-0.1, -0.05) is 72.3 Å². The molecule has 0 spiro atoms. The van der Waals surface area contributed by atoms with Gasteiger partial charge in [0, 0.05) is 46.3 Å². The number of ether oxygens (including phenoxy) is 1. The molecule has 0 bridgehead atoms. The Morgan fingerprint density at radius 1 is 0.889 bits per heavy atom. The van der Waals surface area contributed by atoms with Crippen LogP contribution in [0.15, 0.2) is 108 Å². The quantitative estimate of drug-likeness (QED) is 0.135. The highest BCUT2D eigenvalue weighted by Gasteiger charge is 2.18. The lowest BCUT2D eigenvalue weighted by Gasteiger charge is -2.13. The lowest BCUT2D eigenvalue weighted by molar-refractivity contribution is -0.123. The van der Waals surface area contributed by atoms with Crippen molar-refractivity contribution in [3.8, 4) is 33.8 Å². The minimum Gasteiger partial charge on any atom is -0.372 e. The van der Waals surface area contributed by atoms with Crippen molar-refractivity contribution in [1.82, 2.24) is 19.3 Å². The molecule has 45 heavy (non-hydrogen) atoms. The van der Waals surface area contributed by atoms with E-state index >= 15 is 0 Å². The van der Waals surface area contributed by atoms with Crippen molar-refractivity contribution >= 4 is 27.5 Å². The van der Waals surface area contributed by atoms with Crippen LogP contribution in [0.3, 0.4) is 0 Å². The van der Waals surface area contributed by atoms with Gasteiger partial charge in [-0.25, -0.2) is 18.1 Å². The maximum absolute atomic E-state index is 12.4. The van der Waals surface area contributed by atoms with Crippen molar-refractivity contribution in [2.24, 2.45) is 0 Å². The normalized spacial score (nSPS) is 11.6. The van der Waals surface area contributed by atoms with Gasteiger partial charge in [-0.15, -0.1) is 0 Å². The highest BCUT2D eigenvalue weighted by Crippen LogP contribution is 2.32. The van der Waals surface area contributed by atoms with Crippen LogP contribution in [0.4, 0.5) is 0 Å². The van der Waals surface area contributed by atoms with Gasteiger partial charge in [0.1, 0.15) is 6.61 Å². The van der Waals surface area contributed by atoms with Gasteiger partial charge < -0.3 is 9.30 Å². The summed E-state index contributed by atoms with van der Waals surface area (Å²) in [4.78, 5) is 22.1. The van der Waals surface area contributed by atoms with Gasteiger partial charge in [-0.3, -0.25) is 9.78 Å². The van der Waals surface area contributed by atoms with E-state index in [0.717, 1.165) is 46.6 Å². The standard InChI is InChI=1S/C35H35ClN4O4S/c1-25(2)40-23-28(32-22-37-34(26-11-5-3-6-12-26)35(38-32)27-13-7-4-8-14-27)21-30(40)15-9-10-20-44-24-33(41)39-45(42,43)31-18-16-29(36)17-19-31/h3-8,11-14,16-19,21-23,25H,9-10,15,20,24H2,1-2H3,(H,39,41). The summed E-state index contributed by atoms with van der Waals surface area (Å²) in [5, 5.41) is 0.406.